The lowest BCUT2D eigenvalue weighted by atomic mass is 9.95. The molecule has 1 aliphatic heterocycles. The first-order valence-corrected chi connectivity index (χ1v) is 7.27. The summed E-state index contributed by atoms with van der Waals surface area (Å²) in [5, 5.41) is 0. The Balaban J connectivity index is 2.13. The number of benzene rings is 2. The van der Waals surface area contributed by atoms with Crippen molar-refractivity contribution in [2.45, 2.75) is 12.5 Å². The lowest BCUT2D eigenvalue weighted by Gasteiger charge is -2.28. The van der Waals surface area contributed by atoms with Crippen LogP contribution in [-0.4, -0.2) is 27.1 Å². The summed E-state index contributed by atoms with van der Waals surface area (Å²) in [6, 6.07) is 11.3. The summed E-state index contributed by atoms with van der Waals surface area (Å²) in [7, 11) is 4.56. The molecular formula is C18H18O5. The van der Waals surface area contributed by atoms with Crippen LogP contribution in [0.2, 0.25) is 0 Å². The van der Waals surface area contributed by atoms with Crippen LogP contribution in [0.5, 0.6) is 23.0 Å². The second-order valence-corrected chi connectivity index (χ2v) is 5.16. The SMILES string of the molecule is COc1cc(OC)c2c(c1OC)OC(c1ccccc1)CC2=O. The highest BCUT2D eigenvalue weighted by Gasteiger charge is 2.34. The van der Waals surface area contributed by atoms with Gasteiger partial charge in [0.2, 0.25) is 5.75 Å². The van der Waals surface area contributed by atoms with Crippen molar-refractivity contribution in [3.8, 4) is 23.0 Å². The van der Waals surface area contributed by atoms with E-state index >= 15 is 0 Å². The molecule has 0 spiro atoms. The van der Waals surface area contributed by atoms with E-state index in [1.165, 1.54) is 21.3 Å². The summed E-state index contributed by atoms with van der Waals surface area (Å²) in [4.78, 5) is 12.7. The number of ketones is 1. The third-order valence-corrected chi connectivity index (χ3v) is 3.89. The molecule has 1 heterocycles. The van der Waals surface area contributed by atoms with E-state index in [1.54, 1.807) is 6.07 Å². The van der Waals surface area contributed by atoms with E-state index in [0.29, 0.717) is 28.6 Å². The molecule has 0 aromatic heterocycles. The van der Waals surface area contributed by atoms with Crippen molar-refractivity contribution >= 4 is 5.78 Å². The van der Waals surface area contributed by atoms with Crippen molar-refractivity contribution in [2.75, 3.05) is 21.3 Å². The average molecular weight is 314 g/mol. The molecule has 1 unspecified atom stereocenters. The van der Waals surface area contributed by atoms with Crippen molar-refractivity contribution in [3.63, 3.8) is 0 Å². The molecular weight excluding hydrogens is 296 g/mol. The minimum absolute atomic E-state index is 0.0436. The molecule has 0 aliphatic carbocycles. The number of methoxy groups -OCH3 is 3. The van der Waals surface area contributed by atoms with Gasteiger partial charge in [0.1, 0.15) is 17.4 Å². The Kier molecular flexibility index (Phi) is 4.10. The monoisotopic (exact) mass is 314 g/mol. The second kappa shape index (κ2) is 6.20. The summed E-state index contributed by atoms with van der Waals surface area (Å²) < 4.78 is 22.2. The standard InChI is InChI=1S/C18H18O5/c1-20-14-10-15(21-2)17(22-3)18-16(14)12(19)9-13(23-18)11-7-5-4-6-8-11/h4-8,10,13H,9H2,1-3H3. The molecule has 0 amide bonds. The van der Waals surface area contributed by atoms with Crippen molar-refractivity contribution in [1.82, 2.24) is 0 Å². The van der Waals surface area contributed by atoms with Crippen LogP contribution in [0, 0.1) is 0 Å². The maximum atomic E-state index is 12.7. The van der Waals surface area contributed by atoms with Crippen LogP contribution >= 0.6 is 0 Å². The van der Waals surface area contributed by atoms with Gasteiger partial charge in [0.05, 0.1) is 27.8 Å². The van der Waals surface area contributed by atoms with Crippen molar-refractivity contribution in [1.29, 1.82) is 0 Å². The molecule has 120 valence electrons. The summed E-state index contributed by atoms with van der Waals surface area (Å²) in [6.45, 7) is 0. The highest BCUT2D eigenvalue weighted by atomic mass is 16.5. The number of Topliss-reactive ketones (excluding diaryl/α,β-unsaturated/α-hetero) is 1. The smallest absolute Gasteiger partial charge is 0.204 e. The number of fused-ring (bicyclic) bond motifs is 1. The normalized spacial score (nSPS) is 16.3. The number of carbonyl (C=O) groups excluding carboxylic acids is 1. The van der Waals surface area contributed by atoms with E-state index < -0.39 is 0 Å². The molecule has 2 aromatic carbocycles. The number of hydrogen-bond donors (Lipinski definition) is 0. The zero-order valence-corrected chi connectivity index (χ0v) is 13.3. The Labute approximate surface area is 134 Å². The molecule has 0 saturated carbocycles. The molecule has 0 saturated heterocycles. The maximum absolute atomic E-state index is 12.7. The lowest BCUT2D eigenvalue weighted by molar-refractivity contribution is 0.0835. The highest BCUT2D eigenvalue weighted by Crippen LogP contribution is 2.50. The zero-order valence-electron chi connectivity index (χ0n) is 13.3. The first kappa shape index (κ1) is 15.2. The highest BCUT2D eigenvalue weighted by molar-refractivity contribution is 6.04. The van der Waals surface area contributed by atoms with Gasteiger partial charge in [-0.1, -0.05) is 30.3 Å². The van der Waals surface area contributed by atoms with Crippen molar-refractivity contribution in [2.24, 2.45) is 0 Å². The van der Waals surface area contributed by atoms with Crippen molar-refractivity contribution in [3.05, 3.63) is 47.5 Å². The predicted molar refractivity (Wildman–Crippen MR) is 84.9 cm³/mol. The minimum Gasteiger partial charge on any atom is -0.496 e. The van der Waals surface area contributed by atoms with Gasteiger partial charge in [0.15, 0.2) is 17.3 Å². The number of hydrogen-bond acceptors (Lipinski definition) is 5. The van der Waals surface area contributed by atoms with Crippen LogP contribution in [0.25, 0.3) is 0 Å². The van der Waals surface area contributed by atoms with E-state index in [-0.39, 0.29) is 18.3 Å². The van der Waals surface area contributed by atoms with Crippen LogP contribution in [-0.2, 0) is 0 Å². The average Bonchev–Trinajstić information content (AvgIpc) is 2.60. The third-order valence-electron chi connectivity index (χ3n) is 3.89. The molecule has 3 rings (SSSR count). The van der Waals surface area contributed by atoms with Crippen LogP contribution in [0.1, 0.15) is 28.4 Å². The molecule has 0 bridgehead atoms. The van der Waals surface area contributed by atoms with Gasteiger partial charge in [0, 0.05) is 6.07 Å². The van der Waals surface area contributed by atoms with Crippen LogP contribution < -0.4 is 18.9 Å². The fourth-order valence-corrected chi connectivity index (χ4v) is 2.78. The van der Waals surface area contributed by atoms with Gasteiger partial charge in [-0.15, -0.1) is 0 Å². The fraction of sp³-hybridized carbons (Fsp3) is 0.278. The molecule has 5 nitrogen and oxygen atoms in total. The lowest BCUT2D eigenvalue weighted by Crippen LogP contribution is -2.21. The van der Waals surface area contributed by atoms with E-state index in [9.17, 15) is 4.79 Å². The number of rotatable bonds is 4. The Morgan fingerprint density at radius 3 is 2.30 bits per heavy atom. The Bertz CT molecular complexity index is 724. The molecule has 0 fully saturated rings. The molecule has 23 heavy (non-hydrogen) atoms. The molecule has 0 N–H and O–H groups in total. The van der Waals surface area contributed by atoms with Crippen LogP contribution in [0.3, 0.4) is 0 Å². The quantitative estimate of drug-likeness (QED) is 0.865. The Morgan fingerprint density at radius 2 is 1.70 bits per heavy atom. The summed E-state index contributed by atoms with van der Waals surface area (Å²) >= 11 is 0. The zero-order chi connectivity index (χ0) is 16.4. The van der Waals surface area contributed by atoms with Gasteiger partial charge in [0.25, 0.3) is 0 Å². The van der Waals surface area contributed by atoms with E-state index in [0.717, 1.165) is 5.56 Å². The summed E-state index contributed by atoms with van der Waals surface area (Å²) in [6.07, 6.45) is -0.107. The molecule has 1 aliphatic rings. The topological polar surface area (TPSA) is 54.0 Å². The van der Waals surface area contributed by atoms with Crippen LogP contribution in [0.15, 0.2) is 36.4 Å². The van der Waals surface area contributed by atoms with E-state index in [2.05, 4.69) is 0 Å². The first-order valence-electron chi connectivity index (χ1n) is 7.27. The molecule has 1 atom stereocenters. The second-order valence-electron chi connectivity index (χ2n) is 5.16. The van der Waals surface area contributed by atoms with Gasteiger partial charge in [-0.2, -0.15) is 0 Å². The Hall–Kier alpha value is -2.69. The van der Waals surface area contributed by atoms with Gasteiger partial charge < -0.3 is 18.9 Å². The number of ether oxygens (including phenoxy) is 4. The minimum atomic E-state index is -0.359. The largest absolute Gasteiger partial charge is 0.496 e. The van der Waals surface area contributed by atoms with Gasteiger partial charge in [-0.3, -0.25) is 4.79 Å². The molecule has 0 radical (unpaired) electrons. The Morgan fingerprint density at radius 1 is 1.00 bits per heavy atom. The predicted octanol–water partition coefficient (Wildman–Crippen LogP) is 3.42. The van der Waals surface area contributed by atoms with Gasteiger partial charge >= 0.3 is 0 Å². The van der Waals surface area contributed by atoms with Crippen molar-refractivity contribution < 1.29 is 23.7 Å². The maximum Gasteiger partial charge on any atom is 0.204 e. The summed E-state index contributed by atoms with van der Waals surface area (Å²) in [5.74, 6) is 1.61. The van der Waals surface area contributed by atoms with E-state index in [4.69, 9.17) is 18.9 Å². The third kappa shape index (κ3) is 2.59. The fourth-order valence-electron chi connectivity index (χ4n) is 2.78. The van der Waals surface area contributed by atoms with E-state index in [1.807, 2.05) is 30.3 Å². The molecule has 2 aromatic rings. The van der Waals surface area contributed by atoms with Gasteiger partial charge in [-0.25, -0.2) is 0 Å². The van der Waals surface area contributed by atoms with Crippen LogP contribution in [0.4, 0.5) is 0 Å². The first-order chi connectivity index (χ1) is 11.2. The summed E-state index contributed by atoms with van der Waals surface area (Å²) in [5.41, 5.74) is 1.34. The van der Waals surface area contributed by atoms with Gasteiger partial charge in [-0.05, 0) is 5.56 Å². The number of carbonyl (C=O) groups is 1. The molecule has 5 heteroatoms.